The summed E-state index contributed by atoms with van der Waals surface area (Å²) in [5.74, 6) is 3.30. The SMILES string of the molecule is CC#CCN1C(=O)NC(=O)C(C)C1=O. The van der Waals surface area contributed by atoms with Crippen LogP contribution in [-0.2, 0) is 9.59 Å². The molecule has 0 radical (unpaired) electrons. The van der Waals surface area contributed by atoms with E-state index in [1.165, 1.54) is 6.92 Å². The van der Waals surface area contributed by atoms with E-state index in [1.807, 2.05) is 0 Å². The molecule has 1 fully saturated rings. The lowest BCUT2D eigenvalue weighted by Crippen LogP contribution is -2.57. The van der Waals surface area contributed by atoms with Gasteiger partial charge in [-0.05, 0) is 13.8 Å². The largest absolute Gasteiger partial charge is 0.331 e. The number of urea groups is 1. The number of barbiturate groups is 1. The second kappa shape index (κ2) is 3.92. The Balaban J connectivity index is 2.82. The lowest BCUT2D eigenvalue weighted by Gasteiger charge is -2.26. The topological polar surface area (TPSA) is 66.5 Å². The molecule has 1 atom stereocenters. The van der Waals surface area contributed by atoms with Gasteiger partial charge in [-0.3, -0.25) is 19.8 Å². The summed E-state index contributed by atoms with van der Waals surface area (Å²) in [5.41, 5.74) is 0. The van der Waals surface area contributed by atoms with Gasteiger partial charge in [-0.15, -0.1) is 5.92 Å². The third-order valence-electron chi connectivity index (χ3n) is 1.92. The summed E-state index contributed by atoms with van der Waals surface area (Å²) in [7, 11) is 0. The van der Waals surface area contributed by atoms with Crippen LogP contribution in [0.1, 0.15) is 13.8 Å². The second-order valence-electron chi connectivity index (χ2n) is 2.87. The van der Waals surface area contributed by atoms with Crippen molar-refractivity contribution in [1.29, 1.82) is 0 Å². The normalized spacial score (nSPS) is 21.4. The van der Waals surface area contributed by atoms with E-state index in [1.54, 1.807) is 6.92 Å². The van der Waals surface area contributed by atoms with Gasteiger partial charge in [0.1, 0.15) is 5.92 Å². The zero-order valence-electron chi connectivity index (χ0n) is 7.96. The molecule has 0 aliphatic carbocycles. The average molecular weight is 194 g/mol. The van der Waals surface area contributed by atoms with Crippen LogP contribution in [-0.4, -0.2) is 29.3 Å². The van der Waals surface area contributed by atoms with Gasteiger partial charge >= 0.3 is 6.03 Å². The first-order valence-electron chi connectivity index (χ1n) is 4.13. The minimum absolute atomic E-state index is 0.0266. The maximum absolute atomic E-state index is 11.4. The highest BCUT2D eigenvalue weighted by molar-refractivity contribution is 6.15. The summed E-state index contributed by atoms with van der Waals surface area (Å²) in [4.78, 5) is 34.6. The monoisotopic (exact) mass is 194 g/mol. The van der Waals surface area contributed by atoms with E-state index in [0.717, 1.165) is 4.90 Å². The van der Waals surface area contributed by atoms with Gasteiger partial charge < -0.3 is 0 Å². The first kappa shape index (κ1) is 10.3. The van der Waals surface area contributed by atoms with Crippen molar-refractivity contribution >= 4 is 17.8 Å². The number of rotatable bonds is 1. The van der Waals surface area contributed by atoms with E-state index >= 15 is 0 Å². The number of carbonyl (C=O) groups excluding carboxylic acids is 3. The molecule has 0 aromatic rings. The van der Waals surface area contributed by atoms with Crippen LogP contribution in [0.2, 0.25) is 0 Å². The van der Waals surface area contributed by atoms with Crippen LogP contribution in [0.4, 0.5) is 4.79 Å². The van der Waals surface area contributed by atoms with E-state index in [4.69, 9.17) is 0 Å². The summed E-state index contributed by atoms with van der Waals surface area (Å²) in [6.45, 7) is 3.09. The maximum Gasteiger partial charge on any atom is 0.331 e. The summed E-state index contributed by atoms with van der Waals surface area (Å²) in [6, 6.07) is -0.694. The van der Waals surface area contributed by atoms with Crippen LogP contribution >= 0.6 is 0 Å². The van der Waals surface area contributed by atoms with Crippen molar-refractivity contribution in [1.82, 2.24) is 10.2 Å². The van der Waals surface area contributed by atoms with Gasteiger partial charge in [0, 0.05) is 0 Å². The molecule has 0 spiro atoms. The van der Waals surface area contributed by atoms with Gasteiger partial charge in [-0.25, -0.2) is 4.79 Å². The highest BCUT2D eigenvalue weighted by Gasteiger charge is 2.36. The zero-order valence-corrected chi connectivity index (χ0v) is 7.96. The Morgan fingerprint density at radius 3 is 2.64 bits per heavy atom. The number of carbonyl (C=O) groups is 3. The molecule has 0 bridgehead atoms. The molecule has 0 saturated carbocycles. The zero-order chi connectivity index (χ0) is 10.7. The van der Waals surface area contributed by atoms with Crippen LogP contribution in [0.25, 0.3) is 0 Å². The number of imide groups is 2. The third-order valence-corrected chi connectivity index (χ3v) is 1.92. The van der Waals surface area contributed by atoms with Crippen LogP contribution in [0, 0.1) is 17.8 Å². The fourth-order valence-electron chi connectivity index (χ4n) is 1.03. The third kappa shape index (κ3) is 1.74. The van der Waals surface area contributed by atoms with E-state index in [2.05, 4.69) is 17.2 Å². The molecule has 1 aliphatic rings. The van der Waals surface area contributed by atoms with E-state index in [0.29, 0.717) is 0 Å². The van der Waals surface area contributed by atoms with Crippen molar-refractivity contribution in [3.8, 4) is 11.8 Å². The Labute approximate surface area is 81.4 Å². The Morgan fingerprint density at radius 2 is 2.07 bits per heavy atom. The summed E-state index contributed by atoms with van der Waals surface area (Å²) < 4.78 is 0. The van der Waals surface area contributed by atoms with E-state index < -0.39 is 23.8 Å². The average Bonchev–Trinajstić information content (AvgIpc) is 2.14. The van der Waals surface area contributed by atoms with Gasteiger partial charge in [0.2, 0.25) is 11.8 Å². The summed E-state index contributed by atoms with van der Waals surface area (Å²) in [6.07, 6.45) is 0. The molecule has 5 nitrogen and oxygen atoms in total. The molecule has 1 unspecified atom stereocenters. The predicted molar refractivity (Wildman–Crippen MR) is 47.9 cm³/mol. The Morgan fingerprint density at radius 1 is 1.43 bits per heavy atom. The van der Waals surface area contributed by atoms with Crippen LogP contribution < -0.4 is 5.32 Å². The molecule has 14 heavy (non-hydrogen) atoms. The highest BCUT2D eigenvalue weighted by atomic mass is 16.2. The lowest BCUT2D eigenvalue weighted by molar-refractivity contribution is -0.141. The quantitative estimate of drug-likeness (QED) is 0.461. The van der Waals surface area contributed by atoms with Gasteiger partial charge in [-0.1, -0.05) is 5.92 Å². The van der Waals surface area contributed by atoms with Crippen molar-refractivity contribution in [2.24, 2.45) is 5.92 Å². The second-order valence-corrected chi connectivity index (χ2v) is 2.87. The minimum atomic E-state index is -0.814. The summed E-state index contributed by atoms with van der Waals surface area (Å²) >= 11 is 0. The molecule has 1 saturated heterocycles. The van der Waals surface area contributed by atoms with Crippen molar-refractivity contribution < 1.29 is 14.4 Å². The van der Waals surface area contributed by atoms with Crippen molar-refractivity contribution in [3.63, 3.8) is 0 Å². The lowest BCUT2D eigenvalue weighted by atomic mass is 10.1. The number of nitrogens with zero attached hydrogens (tertiary/aromatic N) is 1. The molecule has 0 aromatic heterocycles. The van der Waals surface area contributed by atoms with Gasteiger partial charge in [0.15, 0.2) is 0 Å². The molecule has 74 valence electrons. The Kier molecular flexibility index (Phi) is 2.87. The molecule has 5 heteroatoms. The van der Waals surface area contributed by atoms with Crippen LogP contribution in [0.3, 0.4) is 0 Å². The molecule has 1 N–H and O–H groups in total. The number of hydrogen-bond acceptors (Lipinski definition) is 3. The Bertz CT molecular complexity index is 351. The van der Waals surface area contributed by atoms with E-state index in [9.17, 15) is 14.4 Å². The van der Waals surface area contributed by atoms with Crippen molar-refractivity contribution in [2.75, 3.05) is 6.54 Å². The maximum atomic E-state index is 11.4. The Hall–Kier alpha value is -1.83. The van der Waals surface area contributed by atoms with Gasteiger partial charge in [0.25, 0.3) is 0 Å². The predicted octanol–water partition coefficient (Wildman–Crippen LogP) is -0.276. The fraction of sp³-hybridized carbons (Fsp3) is 0.444. The molecule has 1 aliphatic heterocycles. The number of hydrogen-bond donors (Lipinski definition) is 1. The first-order chi connectivity index (χ1) is 6.57. The van der Waals surface area contributed by atoms with E-state index in [-0.39, 0.29) is 6.54 Å². The molecule has 4 amide bonds. The number of nitrogens with one attached hydrogen (secondary N) is 1. The fourth-order valence-corrected chi connectivity index (χ4v) is 1.03. The first-order valence-corrected chi connectivity index (χ1v) is 4.13. The van der Waals surface area contributed by atoms with Gasteiger partial charge in [0.05, 0.1) is 6.54 Å². The molecule has 0 aromatic carbocycles. The van der Waals surface area contributed by atoms with Gasteiger partial charge in [-0.2, -0.15) is 0 Å². The number of amides is 4. The van der Waals surface area contributed by atoms with Crippen LogP contribution in [0.5, 0.6) is 0 Å². The standard InChI is InChI=1S/C9H10N2O3/c1-3-4-5-11-8(13)6(2)7(12)10-9(11)14/h6H,5H2,1-2H3,(H,10,12,14). The minimum Gasteiger partial charge on any atom is -0.277 e. The molecule has 1 heterocycles. The smallest absolute Gasteiger partial charge is 0.277 e. The highest BCUT2D eigenvalue weighted by Crippen LogP contribution is 2.08. The van der Waals surface area contributed by atoms with Crippen molar-refractivity contribution in [2.45, 2.75) is 13.8 Å². The van der Waals surface area contributed by atoms with Crippen LogP contribution in [0.15, 0.2) is 0 Å². The molecular weight excluding hydrogens is 184 g/mol. The summed E-state index contributed by atoms with van der Waals surface area (Å²) in [5, 5.41) is 2.08. The van der Waals surface area contributed by atoms with Crippen molar-refractivity contribution in [3.05, 3.63) is 0 Å². The molecule has 1 rings (SSSR count). The molecular formula is C9H10N2O3.